The van der Waals surface area contributed by atoms with Crippen LogP contribution in [0.2, 0.25) is 0 Å². The molecular weight excluding hydrogens is 315 g/mol. The molecule has 1 heterocycles. The Morgan fingerprint density at radius 1 is 1.44 bits per heavy atom. The predicted molar refractivity (Wildman–Crippen MR) is 78.5 cm³/mol. The van der Waals surface area contributed by atoms with E-state index in [1.807, 2.05) is 26.2 Å². The van der Waals surface area contributed by atoms with Gasteiger partial charge < -0.3 is 10.6 Å². The second-order valence-corrected chi connectivity index (χ2v) is 3.31. The molecule has 1 aromatic heterocycles. The maximum Gasteiger partial charge on any atom is 0.190 e. The fraction of sp³-hybridized carbons (Fsp3) is 0.455. The number of halogens is 1. The lowest BCUT2D eigenvalue weighted by atomic mass is 10.2. The van der Waals surface area contributed by atoms with Gasteiger partial charge in [-0.1, -0.05) is 6.07 Å². The first-order valence-corrected chi connectivity index (χ1v) is 5.06. The molecule has 0 saturated heterocycles. The molecule has 0 amide bonds. The Morgan fingerprint density at radius 3 is 2.69 bits per heavy atom. The van der Waals surface area contributed by atoms with E-state index in [1.54, 1.807) is 7.05 Å². The zero-order valence-electron chi connectivity index (χ0n) is 9.95. The molecule has 16 heavy (non-hydrogen) atoms. The molecule has 4 nitrogen and oxygen atoms in total. The molecule has 5 heteroatoms. The summed E-state index contributed by atoms with van der Waals surface area (Å²) >= 11 is 0. The molecule has 0 aliphatic carbocycles. The zero-order chi connectivity index (χ0) is 11.1. The van der Waals surface area contributed by atoms with Crippen LogP contribution in [-0.2, 0) is 6.42 Å². The van der Waals surface area contributed by atoms with Crippen LogP contribution in [0.4, 0.5) is 0 Å². The molecule has 0 aliphatic heterocycles. The van der Waals surface area contributed by atoms with Crippen LogP contribution in [0, 0.1) is 6.92 Å². The van der Waals surface area contributed by atoms with Crippen molar-refractivity contribution in [3.05, 3.63) is 29.6 Å². The van der Waals surface area contributed by atoms with Crippen molar-refractivity contribution in [2.45, 2.75) is 13.3 Å². The third-order valence-corrected chi connectivity index (χ3v) is 2.14. The minimum Gasteiger partial charge on any atom is -0.359 e. The monoisotopic (exact) mass is 334 g/mol. The predicted octanol–water partition coefficient (Wildman–Crippen LogP) is 1.35. The van der Waals surface area contributed by atoms with E-state index in [2.05, 4.69) is 26.7 Å². The second kappa shape index (κ2) is 8.32. The normalized spacial score (nSPS) is 10.6. The van der Waals surface area contributed by atoms with E-state index in [4.69, 9.17) is 0 Å². The van der Waals surface area contributed by atoms with Gasteiger partial charge >= 0.3 is 0 Å². The lowest BCUT2D eigenvalue weighted by Crippen LogP contribution is -2.35. The van der Waals surface area contributed by atoms with Gasteiger partial charge in [0.1, 0.15) is 0 Å². The van der Waals surface area contributed by atoms with Crippen molar-refractivity contribution in [2.24, 2.45) is 4.99 Å². The number of aromatic nitrogens is 1. The molecule has 0 aliphatic rings. The highest BCUT2D eigenvalue weighted by Gasteiger charge is 1.95. The summed E-state index contributed by atoms with van der Waals surface area (Å²) in [5.74, 6) is 0.815. The van der Waals surface area contributed by atoms with Crippen LogP contribution in [0.3, 0.4) is 0 Å². The number of rotatable bonds is 3. The van der Waals surface area contributed by atoms with Crippen molar-refractivity contribution in [1.29, 1.82) is 0 Å². The standard InChI is InChI=1S/C11H18N4.HI/c1-9-4-5-10(8-15-9)6-7-14-11(12-2)13-3;/h4-5,8H,6-7H2,1-3H3,(H2,12,13,14);1H. The maximum atomic E-state index is 4.24. The van der Waals surface area contributed by atoms with Gasteiger partial charge in [-0.05, 0) is 25.0 Å². The summed E-state index contributed by atoms with van der Waals surface area (Å²) in [6.07, 6.45) is 2.87. The van der Waals surface area contributed by atoms with Gasteiger partial charge in [-0.2, -0.15) is 0 Å². The molecule has 1 rings (SSSR count). The first kappa shape index (κ1) is 15.2. The molecule has 0 saturated carbocycles. The van der Waals surface area contributed by atoms with Crippen LogP contribution in [-0.4, -0.2) is 31.6 Å². The summed E-state index contributed by atoms with van der Waals surface area (Å²) in [4.78, 5) is 8.27. The maximum absolute atomic E-state index is 4.24. The van der Waals surface area contributed by atoms with Gasteiger partial charge in [-0.3, -0.25) is 9.98 Å². The number of hydrogen-bond acceptors (Lipinski definition) is 2. The average molecular weight is 334 g/mol. The average Bonchev–Trinajstić information content (AvgIpc) is 2.27. The summed E-state index contributed by atoms with van der Waals surface area (Å²) in [5, 5.41) is 6.16. The van der Waals surface area contributed by atoms with Crippen LogP contribution in [0.15, 0.2) is 23.3 Å². The van der Waals surface area contributed by atoms with Crippen LogP contribution in [0.1, 0.15) is 11.3 Å². The molecular formula is C11H19IN4. The molecule has 0 radical (unpaired) electrons. The first-order chi connectivity index (χ1) is 7.26. The molecule has 1 aromatic rings. The minimum absolute atomic E-state index is 0. The van der Waals surface area contributed by atoms with Gasteiger partial charge in [0.2, 0.25) is 0 Å². The molecule has 90 valence electrons. The van der Waals surface area contributed by atoms with E-state index >= 15 is 0 Å². The summed E-state index contributed by atoms with van der Waals surface area (Å²) in [5.41, 5.74) is 2.29. The smallest absolute Gasteiger partial charge is 0.190 e. The Hall–Kier alpha value is -0.850. The third-order valence-electron chi connectivity index (χ3n) is 2.14. The highest BCUT2D eigenvalue weighted by molar-refractivity contribution is 14.0. The Labute approximate surface area is 114 Å². The van der Waals surface area contributed by atoms with Crippen LogP contribution in [0.5, 0.6) is 0 Å². The number of aliphatic imine (C=N–C) groups is 1. The number of nitrogens with one attached hydrogen (secondary N) is 2. The van der Waals surface area contributed by atoms with E-state index in [-0.39, 0.29) is 24.0 Å². The number of pyridine rings is 1. The quantitative estimate of drug-likeness (QED) is 0.498. The van der Waals surface area contributed by atoms with Crippen molar-refractivity contribution in [1.82, 2.24) is 15.6 Å². The van der Waals surface area contributed by atoms with Gasteiger partial charge in [0.05, 0.1) is 0 Å². The SMILES string of the molecule is CN=C(NC)NCCc1ccc(C)nc1.I. The van der Waals surface area contributed by atoms with E-state index in [9.17, 15) is 0 Å². The van der Waals surface area contributed by atoms with Crippen molar-refractivity contribution in [2.75, 3.05) is 20.6 Å². The van der Waals surface area contributed by atoms with E-state index in [1.165, 1.54) is 5.56 Å². The van der Waals surface area contributed by atoms with Crippen LogP contribution in [0.25, 0.3) is 0 Å². The Balaban J connectivity index is 0.00000225. The summed E-state index contributed by atoms with van der Waals surface area (Å²) in [6, 6.07) is 4.13. The molecule has 0 spiro atoms. The van der Waals surface area contributed by atoms with E-state index < -0.39 is 0 Å². The Morgan fingerprint density at radius 2 is 2.19 bits per heavy atom. The van der Waals surface area contributed by atoms with Crippen molar-refractivity contribution >= 4 is 29.9 Å². The largest absolute Gasteiger partial charge is 0.359 e. The molecule has 0 unspecified atom stereocenters. The van der Waals surface area contributed by atoms with E-state index in [0.717, 1.165) is 24.6 Å². The highest BCUT2D eigenvalue weighted by atomic mass is 127. The third kappa shape index (κ3) is 5.29. The van der Waals surface area contributed by atoms with Gasteiger partial charge in [-0.25, -0.2) is 0 Å². The minimum atomic E-state index is 0. The second-order valence-electron chi connectivity index (χ2n) is 3.31. The van der Waals surface area contributed by atoms with Crippen molar-refractivity contribution in [3.63, 3.8) is 0 Å². The zero-order valence-corrected chi connectivity index (χ0v) is 12.3. The lowest BCUT2D eigenvalue weighted by molar-refractivity contribution is 0.830. The van der Waals surface area contributed by atoms with Crippen LogP contribution >= 0.6 is 24.0 Å². The fourth-order valence-corrected chi connectivity index (χ4v) is 1.25. The fourth-order valence-electron chi connectivity index (χ4n) is 1.25. The lowest BCUT2D eigenvalue weighted by Gasteiger charge is -2.07. The Bertz CT molecular complexity index is 321. The summed E-state index contributed by atoms with van der Waals surface area (Å²) in [6.45, 7) is 2.85. The first-order valence-electron chi connectivity index (χ1n) is 5.06. The van der Waals surface area contributed by atoms with Crippen LogP contribution < -0.4 is 10.6 Å². The van der Waals surface area contributed by atoms with Gasteiger partial charge in [0, 0.05) is 32.5 Å². The number of nitrogens with zero attached hydrogens (tertiary/aromatic N) is 2. The molecule has 0 fully saturated rings. The van der Waals surface area contributed by atoms with Gasteiger partial charge in [-0.15, -0.1) is 24.0 Å². The molecule has 0 atom stereocenters. The van der Waals surface area contributed by atoms with Gasteiger partial charge in [0.25, 0.3) is 0 Å². The summed E-state index contributed by atoms with van der Waals surface area (Å²) < 4.78 is 0. The van der Waals surface area contributed by atoms with Crippen molar-refractivity contribution < 1.29 is 0 Å². The number of hydrogen-bond donors (Lipinski definition) is 2. The number of guanidine groups is 1. The van der Waals surface area contributed by atoms with E-state index in [0.29, 0.717) is 0 Å². The molecule has 0 aromatic carbocycles. The van der Waals surface area contributed by atoms with Gasteiger partial charge in [0.15, 0.2) is 5.96 Å². The topological polar surface area (TPSA) is 49.3 Å². The summed E-state index contributed by atoms with van der Waals surface area (Å²) in [7, 11) is 3.61. The number of aryl methyl sites for hydroxylation is 1. The van der Waals surface area contributed by atoms with Crippen molar-refractivity contribution in [3.8, 4) is 0 Å². The molecule has 2 N–H and O–H groups in total. The molecule has 0 bridgehead atoms. The highest BCUT2D eigenvalue weighted by Crippen LogP contribution is 1.99. The Kier molecular flexibility index (Phi) is 7.88.